The molecule has 0 spiro atoms. The number of unbranched alkanes of at least 4 members (excludes halogenated alkanes) is 32. The van der Waals surface area contributed by atoms with Crippen LogP contribution < -0.4 is 0 Å². The zero-order chi connectivity index (χ0) is 42.8. The molecule has 0 aliphatic carbocycles. The molecule has 0 radical (unpaired) electrons. The fourth-order valence-corrected chi connectivity index (χ4v) is 9.73. The maximum absolute atomic E-state index is 12.4. The summed E-state index contributed by atoms with van der Waals surface area (Å²) in [6.45, 7) is 4.54. The van der Waals surface area contributed by atoms with Gasteiger partial charge in [0.25, 0.3) is 0 Å². The average molecular weight is 839 g/mol. The Morgan fingerprint density at radius 2 is 0.593 bits per heavy atom. The van der Waals surface area contributed by atoms with Gasteiger partial charge >= 0.3 is 11.9 Å². The van der Waals surface area contributed by atoms with Gasteiger partial charge < -0.3 is 20.4 Å². The molecule has 0 unspecified atom stereocenters. The topological polar surface area (TPSA) is 115 Å². The quantitative estimate of drug-likeness (QED) is 0.0494. The molecule has 6 nitrogen and oxygen atoms in total. The summed E-state index contributed by atoms with van der Waals surface area (Å²) in [5, 5.41) is 42.4. The summed E-state index contributed by atoms with van der Waals surface area (Å²) < 4.78 is 0. The number of aromatic hydroxyl groups is 2. The Bertz CT molecular complexity index is 1290. The molecule has 336 valence electrons. The Balaban J connectivity index is 1.81. The second kappa shape index (κ2) is 35.0. The first-order chi connectivity index (χ1) is 28.8. The predicted molar refractivity (Wildman–Crippen MR) is 250 cm³/mol. The van der Waals surface area contributed by atoms with Crippen LogP contribution >= 0.6 is 11.8 Å². The molecular weight excluding hydrogens is 753 g/mol. The number of hydrogen-bond donors (Lipinski definition) is 4. The second-order valence-corrected chi connectivity index (χ2v) is 18.4. The van der Waals surface area contributed by atoms with Crippen molar-refractivity contribution < 1.29 is 30.0 Å². The van der Waals surface area contributed by atoms with Crippen LogP contribution in [0.2, 0.25) is 0 Å². The number of carbonyl (C=O) groups is 2. The van der Waals surface area contributed by atoms with E-state index in [9.17, 15) is 30.0 Å². The van der Waals surface area contributed by atoms with E-state index in [0.717, 1.165) is 50.3 Å². The number of carboxylic acids is 2. The van der Waals surface area contributed by atoms with Gasteiger partial charge in [0.2, 0.25) is 0 Å². The van der Waals surface area contributed by atoms with Crippen LogP contribution in [-0.2, 0) is 12.8 Å². The van der Waals surface area contributed by atoms with Crippen molar-refractivity contribution in [2.24, 2.45) is 0 Å². The first kappa shape index (κ1) is 52.5. The van der Waals surface area contributed by atoms with Crippen molar-refractivity contribution >= 4 is 23.7 Å². The van der Waals surface area contributed by atoms with E-state index in [0.29, 0.717) is 33.8 Å². The predicted octanol–water partition coefficient (Wildman–Crippen LogP) is 17.0. The molecule has 0 saturated carbocycles. The van der Waals surface area contributed by atoms with Crippen LogP contribution in [0.5, 0.6) is 11.5 Å². The summed E-state index contributed by atoms with van der Waals surface area (Å²) in [5.74, 6) is -2.21. The lowest BCUT2D eigenvalue weighted by Gasteiger charge is -2.18. The number of rotatable bonds is 40. The lowest BCUT2D eigenvalue weighted by Crippen LogP contribution is -2.06. The van der Waals surface area contributed by atoms with E-state index >= 15 is 0 Å². The normalized spacial score (nSPS) is 11.4. The lowest BCUT2D eigenvalue weighted by molar-refractivity contribution is 0.0684. The summed E-state index contributed by atoms with van der Waals surface area (Å²) in [5.41, 5.74) is 1.38. The number of carboxylic acid groups (broad SMARTS) is 2. The minimum atomic E-state index is -1.05. The van der Waals surface area contributed by atoms with E-state index in [4.69, 9.17) is 0 Å². The molecule has 0 aliphatic heterocycles. The molecule has 0 aromatic heterocycles. The highest BCUT2D eigenvalue weighted by atomic mass is 32.2. The van der Waals surface area contributed by atoms with E-state index in [1.54, 1.807) is 0 Å². The van der Waals surface area contributed by atoms with Crippen LogP contribution in [-0.4, -0.2) is 32.4 Å². The van der Waals surface area contributed by atoms with Gasteiger partial charge in [0.15, 0.2) is 0 Å². The molecule has 0 saturated heterocycles. The maximum Gasteiger partial charge on any atom is 0.336 e. The monoisotopic (exact) mass is 839 g/mol. The van der Waals surface area contributed by atoms with E-state index in [-0.39, 0.29) is 22.6 Å². The average Bonchev–Trinajstić information content (AvgIpc) is 3.21. The third kappa shape index (κ3) is 23.8. The van der Waals surface area contributed by atoms with Gasteiger partial charge in [0.05, 0.1) is 20.9 Å². The Labute approximate surface area is 365 Å². The summed E-state index contributed by atoms with van der Waals surface area (Å²) in [4.78, 5) is 25.5. The van der Waals surface area contributed by atoms with Gasteiger partial charge in [-0.2, -0.15) is 0 Å². The van der Waals surface area contributed by atoms with Crippen molar-refractivity contribution in [3.8, 4) is 11.5 Å². The minimum absolute atomic E-state index is 0.0501. The number of phenols is 2. The summed E-state index contributed by atoms with van der Waals surface area (Å²) in [7, 11) is 0. The van der Waals surface area contributed by atoms with Gasteiger partial charge in [-0.3, -0.25) is 0 Å². The fraction of sp³-hybridized carbons (Fsp3) is 0.731. The maximum atomic E-state index is 12.4. The Hall–Kier alpha value is -2.67. The first-order valence-electron chi connectivity index (χ1n) is 24.7. The van der Waals surface area contributed by atoms with E-state index in [1.807, 2.05) is 0 Å². The van der Waals surface area contributed by atoms with Crippen LogP contribution in [0.4, 0.5) is 0 Å². The van der Waals surface area contributed by atoms with Crippen molar-refractivity contribution in [3.05, 3.63) is 46.5 Å². The van der Waals surface area contributed by atoms with Crippen LogP contribution in [0, 0.1) is 0 Å². The van der Waals surface area contributed by atoms with Crippen molar-refractivity contribution in [2.75, 3.05) is 0 Å². The largest absolute Gasteiger partial charge is 0.507 e. The van der Waals surface area contributed by atoms with Crippen LogP contribution in [0.3, 0.4) is 0 Å². The van der Waals surface area contributed by atoms with Crippen molar-refractivity contribution in [2.45, 2.75) is 255 Å². The molecule has 2 aromatic carbocycles. The number of benzene rings is 2. The summed E-state index contributed by atoms with van der Waals surface area (Å²) >= 11 is 1.11. The minimum Gasteiger partial charge on any atom is -0.507 e. The smallest absolute Gasteiger partial charge is 0.336 e. The molecule has 0 bridgehead atoms. The molecule has 2 rings (SSSR count). The molecule has 2 aromatic rings. The Kier molecular flexibility index (Phi) is 31.1. The standard InChI is InChI=1S/C52H86O6S/c1-3-5-7-9-11-13-15-17-19-21-23-25-27-29-31-33-35-37-43-45(51(55)56)39-41-47(53)49(43)59-50-44(46(52(57)58)40-42-48(50)54)38-36-34-32-30-28-26-24-22-20-18-16-14-12-10-8-6-4-2/h39-42,53-54H,3-38H2,1-2H3,(H,55,56)(H,57,58). The van der Waals surface area contributed by atoms with Gasteiger partial charge in [-0.1, -0.05) is 231 Å². The zero-order valence-corrected chi connectivity index (χ0v) is 38.6. The number of hydrogen-bond acceptors (Lipinski definition) is 5. The molecule has 59 heavy (non-hydrogen) atoms. The lowest BCUT2D eigenvalue weighted by atomic mass is 9.99. The molecule has 0 fully saturated rings. The van der Waals surface area contributed by atoms with Gasteiger partial charge in [0.1, 0.15) is 11.5 Å². The summed E-state index contributed by atoms with van der Waals surface area (Å²) in [6.07, 6.45) is 44.1. The molecule has 7 heteroatoms. The third-order valence-electron chi connectivity index (χ3n) is 12.2. The van der Waals surface area contributed by atoms with Crippen molar-refractivity contribution in [1.29, 1.82) is 0 Å². The summed E-state index contributed by atoms with van der Waals surface area (Å²) in [6, 6.07) is 5.71. The van der Waals surface area contributed by atoms with Gasteiger partial charge in [-0.15, -0.1) is 0 Å². The molecule has 0 atom stereocenters. The highest BCUT2D eigenvalue weighted by Gasteiger charge is 2.23. The molecule has 4 N–H and O–H groups in total. The van der Waals surface area contributed by atoms with Gasteiger partial charge in [0, 0.05) is 0 Å². The van der Waals surface area contributed by atoms with E-state index in [2.05, 4.69) is 13.8 Å². The SMILES string of the molecule is CCCCCCCCCCCCCCCCCCCc1c(C(=O)O)ccc(O)c1Sc1c(O)ccc(C(=O)O)c1CCCCCCCCCCCCCCCCCCC. The van der Waals surface area contributed by atoms with Crippen molar-refractivity contribution in [3.63, 3.8) is 0 Å². The molecular formula is C52H86O6S. The number of phenolic OH excluding ortho intramolecular Hbond substituents is 2. The number of aromatic carboxylic acids is 2. The van der Waals surface area contributed by atoms with Gasteiger partial charge in [-0.25, -0.2) is 9.59 Å². The zero-order valence-electron chi connectivity index (χ0n) is 37.8. The van der Waals surface area contributed by atoms with E-state index < -0.39 is 11.9 Å². The van der Waals surface area contributed by atoms with Crippen LogP contribution in [0.15, 0.2) is 34.1 Å². The first-order valence-corrected chi connectivity index (χ1v) is 25.5. The van der Waals surface area contributed by atoms with Crippen molar-refractivity contribution in [1.82, 2.24) is 0 Å². The Morgan fingerprint density at radius 3 is 0.814 bits per heavy atom. The van der Waals surface area contributed by atoms with Crippen LogP contribution in [0.25, 0.3) is 0 Å². The highest BCUT2D eigenvalue weighted by molar-refractivity contribution is 7.99. The fourth-order valence-electron chi connectivity index (χ4n) is 8.51. The van der Waals surface area contributed by atoms with E-state index in [1.165, 1.54) is 204 Å². The molecule has 0 aliphatic rings. The van der Waals surface area contributed by atoms with Gasteiger partial charge in [-0.05, 0) is 61.1 Å². The second-order valence-electron chi connectivity index (χ2n) is 17.4. The molecule has 0 heterocycles. The Morgan fingerprint density at radius 1 is 0.373 bits per heavy atom. The molecule has 0 amide bonds. The highest BCUT2D eigenvalue weighted by Crippen LogP contribution is 2.45. The third-order valence-corrected chi connectivity index (χ3v) is 13.5. The van der Waals surface area contributed by atoms with Crippen LogP contribution in [0.1, 0.15) is 264 Å².